The van der Waals surface area contributed by atoms with Gasteiger partial charge in [-0.25, -0.2) is 0 Å². The Balaban J connectivity index is -0.000000122. The number of hydrogen-bond donors (Lipinski definition) is 0. The molecule has 0 radical (unpaired) electrons. The van der Waals surface area contributed by atoms with Gasteiger partial charge < -0.3 is 23.4 Å². The molecule has 6 heteroatoms. The third kappa shape index (κ3) is 17.5. The normalized spacial score (nSPS) is 19.7. The molecule has 0 aromatic heterocycles. The molecule has 1 rings (SSSR count). The first-order valence-electron chi connectivity index (χ1n) is 6.24. The van der Waals surface area contributed by atoms with Gasteiger partial charge in [-0.15, -0.1) is 0 Å². The molecule has 112 valence electrons. The largest absolute Gasteiger partial charge is 4.00 e. The first-order valence-corrected chi connectivity index (χ1v) is 7.48. The van der Waals surface area contributed by atoms with Gasteiger partial charge in [0.05, 0.1) is 0 Å². The molecule has 3 nitrogen and oxygen atoms in total. The molecule has 0 amide bonds. The second-order valence-corrected chi connectivity index (χ2v) is 6.08. The average molecular weight is 458 g/mol. The molecule has 2 unspecified atom stereocenters. The molecule has 0 heterocycles. The van der Waals surface area contributed by atoms with E-state index in [1.54, 1.807) is 28.2 Å². The van der Waals surface area contributed by atoms with Crippen molar-refractivity contribution in [3.05, 3.63) is 23.4 Å². The second-order valence-electron chi connectivity index (χ2n) is 4.48. The maximum Gasteiger partial charge on any atom is 4.00 e. The fourth-order valence-electron chi connectivity index (χ4n) is 2.01. The topological polar surface area (TPSA) is 42.3 Å². The smallest absolute Gasteiger partial charge is 0.671 e. The van der Waals surface area contributed by atoms with Crippen molar-refractivity contribution < 1.29 is 26.2 Å². The van der Waals surface area contributed by atoms with E-state index in [1.807, 2.05) is 7.05 Å². The van der Waals surface area contributed by atoms with Crippen LogP contribution in [0.25, 0.3) is 16.0 Å². The molecule has 1 fully saturated rings. The minimum Gasteiger partial charge on any atom is -0.671 e. The number of halogens is 1. The van der Waals surface area contributed by atoms with Crippen LogP contribution in [0, 0.1) is 7.43 Å². The molecule has 19 heavy (non-hydrogen) atoms. The summed E-state index contributed by atoms with van der Waals surface area (Å²) in [6.45, 7) is 3.15. The summed E-state index contributed by atoms with van der Waals surface area (Å²) in [4.78, 5) is 0. The summed E-state index contributed by atoms with van der Waals surface area (Å²) in [6, 6.07) is 0. The van der Waals surface area contributed by atoms with Gasteiger partial charge in [-0.05, 0) is 6.42 Å². The number of rotatable bonds is 3. The zero-order chi connectivity index (χ0) is 13.7. The summed E-state index contributed by atoms with van der Waals surface area (Å²) in [5.74, 6) is 0.944. The van der Waals surface area contributed by atoms with Gasteiger partial charge in [0.25, 0.3) is 0 Å². The summed E-state index contributed by atoms with van der Waals surface area (Å²) in [7, 11) is 8.92. The molecule has 0 spiro atoms. The zero-order valence-corrected chi connectivity index (χ0v) is 18.4. The van der Waals surface area contributed by atoms with Crippen LogP contribution in [0.15, 0.2) is 0 Å². The third-order valence-corrected chi connectivity index (χ3v) is 4.23. The summed E-state index contributed by atoms with van der Waals surface area (Å²) in [5, 5.41) is 11.2. The molecular formula is C13H31BIN3Zr. The van der Waals surface area contributed by atoms with Gasteiger partial charge in [-0.1, -0.05) is 48.1 Å². The van der Waals surface area contributed by atoms with Gasteiger partial charge in [-0.2, -0.15) is 41.7 Å². The van der Waals surface area contributed by atoms with Crippen molar-refractivity contribution in [1.29, 1.82) is 0 Å². The quantitative estimate of drug-likeness (QED) is 0.255. The summed E-state index contributed by atoms with van der Waals surface area (Å²) in [6.07, 6.45) is 5.36. The van der Waals surface area contributed by atoms with Crippen molar-refractivity contribution in [1.82, 2.24) is 0 Å². The molecule has 0 aliphatic heterocycles. The van der Waals surface area contributed by atoms with E-state index in [0.29, 0.717) is 0 Å². The van der Waals surface area contributed by atoms with E-state index in [0.717, 1.165) is 22.9 Å². The van der Waals surface area contributed by atoms with Crippen molar-refractivity contribution in [2.75, 3.05) is 41.7 Å². The standard InChI is InChI=1S/C8H16BIN.2C2H6N.CH3.Zr/c1-9(6-11-2)7-4-3-5-8(7)10;2*1-3-2;;/h7-8H,3-6H2,1-2H3;2*1-2H3;1H3;/q4*-1;+4. The van der Waals surface area contributed by atoms with E-state index in [2.05, 4.69) is 45.4 Å². The van der Waals surface area contributed by atoms with Crippen molar-refractivity contribution in [3.63, 3.8) is 0 Å². The van der Waals surface area contributed by atoms with Gasteiger partial charge in [-0.3, -0.25) is 0 Å². The van der Waals surface area contributed by atoms with Crippen LogP contribution in [0.1, 0.15) is 19.3 Å². The molecule has 0 N–H and O–H groups in total. The Morgan fingerprint density at radius 3 is 1.74 bits per heavy atom. The summed E-state index contributed by atoms with van der Waals surface area (Å²) in [5.41, 5.74) is 0. The first-order chi connectivity index (χ1) is 8.08. The van der Waals surface area contributed by atoms with E-state index in [9.17, 15) is 0 Å². The van der Waals surface area contributed by atoms with Gasteiger partial charge >= 0.3 is 26.2 Å². The minimum absolute atomic E-state index is 0. The fourth-order valence-corrected chi connectivity index (χ4v) is 3.52. The van der Waals surface area contributed by atoms with Crippen LogP contribution >= 0.6 is 22.6 Å². The molecule has 0 aromatic rings. The Hall–Kier alpha value is 1.56. The second kappa shape index (κ2) is 21.8. The van der Waals surface area contributed by atoms with E-state index in [4.69, 9.17) is 0 Å². The van der Waals surface area contributed by atoms with Crippen LogP contribution in [-0.2, 0) is 26.2 Å². The van der Waals surface area contributed by atoms with E-state index >= 15 is 0 Å². The van der Waals surface area contributed by atoms with Gasteiger partial charge in [0.2, 0.25) is 0 Å². The minimum atomic E-state index is 0. The predicted octanol–water partition coefficient (Wildman–Crippen LogP) is 4.70. The monoisotopic (exact) mass is 457 g/mol. The summed E-state index contributed by atoms with van der Waals surface area (Å²) < 4.78 is 0.921. The van der Waals surface area contributed by atoms with Crippen LogP contribution in [0.4, 0.5) is 0 Å². The van der Waals surface area contributed by atoms with E-state index in [1.165, 1.54) is 19.3 Å². The van der Waals surface area contributed by atoms with Crippen molar-refractivity contribution in [3.8, 4) is 0 Å². The number of nitrogens with zero attached hydrogens (tertiary/aromatic N) is 3. The molecule has 0 aromatic carbocycles. The maximum atomic E-state index is 4.21. The first kappa shape index (κ1) is 28.7. The molecule has 1 aliphatic carbocycles. The Morgan fingerprint density at radius 1 is 1.05 bits per heavy atom. The van der Waals surface area contributed by atoms with Gasteiger partial charge in [0.15, 0.2) is 0 Å². The van der Waals surface area contributed by atoms with Gasteiger partial charge in [0, 0.05) is 3.92 Å². The predicted molar refractivity (Wildman–Crippen MR) is 98.0 cm³/mol. The Morgan fingerprint density at radius 2 is 1.47 bits per heavy atom. The average Bonchev–Trinajstić information content (AvgIpc) is 2.67. The Labute approximate surface area is 155 Å². The van der Waals surface area contributed by atoms with Crippen LogP contribution in [0.3, 0.4) is 0 Å². The van der Waals surface area contributed by atoms with Crippen LogP contribution < -0.4 is 0 Å². The van der Waals surface area contributed by atoms with Gasteiger partial charge in [0.1, 0.15) is 6.71 Å². The molecule has 1 aliphatic rings. The molecule has 2 atom stereocenters. The molecular weight excluding hydrogens is 427 g/mol. The Bertz CT molecular complexity index is 154. The van der Waals surface area contributed by atoms with E-state index in [-0.39, 0.29) is 33.6 Å². The maximum absolute atomic E-state index is 4.21. The van der Waals surface area contributed by atoms with Crippen molar-refractivity contribution in [2.45, 2.75) is 35.8 Å². The van der Waals surface area contributed by atoms with Crippen LogP contribution in [0.2, 0.25) is 12.6 Å². The van der Waals surface area contributed by atoms with E-state index < -0.39 is 0 Å². The SMILES string of the molecule is C[N-]C.C[N-]C.C[N-]CB(C)C1CCCC1I.[CH3-].[Zr+4]. The molecule has 0 saturated heterocycles. The third-order valence-electron chi connectivity index (χ3n) is 2.68. The number of hydrogen-bond acceptors (Lipinski definition) is 0. The van der Waals surface area contributed by atoms with Crippen LogP contribution in [-0.4, -0.2) is 52.3 Å². The molecule has 0 bridgehead atoms. The number of alkyl halides is 1. The fraction of sp³-hybridized carbons (Fsp3) is 0.923. The zero-order valence-electron chi connectivity index (χ0n) is 13.8. The van der Waals surface area contributed by atoms with Crippen molar-refractivity contribution in [2.24, 2.45) is 0 Å². The molecule has 1 saturated carbocycles. The Kier molecular flexibility index (Phi) is 33.0. The van der Waals surface area contributed by atoms with Crippen LogP contribution in [0.5, 0.6) is 0 Å². The van der Waals surface area contributed by atoms with Crippen molar-refractivity contribution >= 4 is 29.3 Å². The summed E-state index contributed by atoms with van der Waals surface area (Å²) >= 11 is 2.61.